The highest BCUT2D eigenvalue weighted by Crippen LogP contribution is 2.33. The van der Waals surface area contributed by atoms with Gasteiger partial charge in [0.05, 0.1) is 16.2 Å². The van der Waals surface area contributed by atoms with E-state index in [0.29, 0.717) is 46.2 Å². The SMILES string of the molecule is CC(C)(C)OC(=O)NN1CCc2nc(-c3ccc(S(=O)(=O)N4CCC(Nc5ccc(C(F)(F)F)cn5)CC4)cc3)sc2C1=O. The van der Waals surface area contributed by atoms with Crippen molar-refractivity contribution in [1.29, 1.82) is 0 Å². The van der Waals surface area contributed by atoms with Crippen molar-refractivity contribution in [3.05, 3.63) is 58.7 Å². The predicted molar refractivity (Wildman–Crippen MR) is 156 cm³/mol. The van der Waals surface area contributed by atoms with E-state index in [2.05, 4.69) is 20.7 Å². The van der Waals surface area contributed by atoms with Crippen LogP contribution >= 0.6 is 11.3 Å². The smallest absolute Gasteiger partial charge is 0.426 e. The number of rotatable bonds is 6. The largest absolute Gasteiger partial charge is 0.443 e. The zero-order chi connectivity index (χ0) is 31.9. The molecule has 1 saturated heterocycles. The fourth-order valence-corrected chi connectivity index (χ4v) is 7.32. The van der Waals surface area contributed by atoms with E-state index in [1.165, 1.54) is 27.5 Å². The van der Waals surface area contributed by atoms with Gasteiger partial charge in [-0.1, -0.05) is 12.1 Å². The zero-order valence-electron chi connectivity index (χ0n) is 24.1. The lowest BCUT2D eigenvalue weighted by Gasteiger charge is -2.32. The molecule has 0 unspecified atom stereocenters. The molecule has 0 bridgehead atoms. The van der Waals surface area contributed by atoms with Crippen molar-refractivity contribution in [3.63, 3.8) is 0 Å². The maximum atomic E-state index is 13.3. The number of hydrazine groups is 1. The summed E-state index contributed by atoms with van der Waals surface area (Å²) in [6.45, 7) is 5.87. The van der Waals surface area contributed by atoms with E-state index in [-0.39, 0.29) is 30.6 Å². The van der Waals surface area contributed by atoms with Gasteiger partial charge in [-0.15, -0.1) is 11.3 Å². The van der Waals surface area contributed by atoms with E-state index >= 15 is 0 Å². The second-order valence-electron chi connectivity index (χ2n) is 11.4. The van der Waals surface area contributed by atoms with Crippen LogP contribution in [-0.2, 0) is 27.4 Å². The topological polar surface area (TPSA) is 134 Å². The third kappa shape index (κ3) is 7.13. The number of carbonyl (C=O) groups is 2. The van der Waals surface area contributed by atoms with Crippen LogP contribution < -0.4 is 10.7 Å². The summed E-state index contributed by atoms with van der Waals surface area (Å²) >= 11 is 1.16. The number of carbonyl (C=O) groups excluding carboxylic acids is 2. The third-order valence-corrected chi connectivity index (χ3v) is 10.0. The molecular weight excluding hydrogens is 621 g/mol. The van der Waals surface area contributed by atoms with Crippen molar-refractivity contribution >= 4 is 39.2 Å². The highest BCUT2D eigenvalue weighted by Gasteiger charge is 2.33. The van der Waals surface area contributed by atoms with Crippen molar-refractivity contribution in [2.75, 3.05) is 25.0 Å². The number of amides is 2. The van der Waals surface area contributed by atoms with Gasteiger partial charge in [-0.05, 0) is 57.9 Å². The first kappa shape index (κ1) is 31.7. The molecule has 4 heterocycles. The van der Waals surface area contributed by atoms with E-state index in [9.17, 15) is 31.2 Å². The molecule has 0 atom stereocenters. The Morgan fingerprint density at radius 3 is 2.32 bits per heavy atom. The molecule has 2 aliphatic heterocycles. The molecule has 2 amide bonds. The standard InChI is InChI=1S/C28H31F3N6O5S2/c1-27(2,3)42-26(39)35-37-15-12-21-23(25(37)38)43-24(34-21)17-4-7-20(8-5-17)44(40,41)36-13-10-19(11-14-36)33-22-9-6-18(16-32-22)28(29,30)31/h4-9,16,19H,10-15H2,1-3H3,(H,32,33)(H,35,39). The van der Waals surface area contributed by atoms with Crippen molar-refractivity contribution < 1.29 is 35.9 Å². The highest BCUT2D eigenvalue weighted by molar-refractivity contribution is 7.89. The number of sulfonamides is 1. The summed E-state index contributed by atoms with van der Waals surface area (Å²) in [6.07, 6.45) is -3.08. The molecule has 1 fully saturated rings. The molecule has 11 nitrogen and oxygen atoms in total. The summed E-state index contributed by atoms with van der Waals surface area (Å²) in [5.41, 5.74) is 2.18. The van der Waals surface area contributed by atoms with Gasteiger partial charge >= 0.3 is 12.3 Å². The highest BCUT2D eigenvalue weighted by atomic mass is 32.2. The Bertz CT molecular complexity index is 1630. The van der Waals surface area contributed by atoms with Crippen molar-refractivity contribution in [1.82, 2.24) is 24.7 Å². The Labute approximate surface area is 256 Å². The Morgan fingerprint density at radius 2 is 1.73 bits per heavy atom. The number of halogens is 3. The predicted octanol–water partition coefficient (Wildman–Crippen LogP) is 4.93. The van der Waals surface area contributed by atoms with Gasteiger partial charge in [-0.3, -0.25) is 4.79 Å². The number of pyridine rings is 1. The molecule has 3 aromatic rings. The molecule has 236 valence electrons. The number of benzene rings is 1. The summed E-state index contributed by atoms with van der Waals surface area (Å²) in [4.78, 5) is 34.0. The number of nitrogens with one attached hydrogen (secondary N) is 2. The minimum absolute atomic E-state index is 0.113. The van der Waals surface area contributed by atoms with E-state index in [1.807, 2.05) is 0 Å². The Kier molecular flexibility index (Phi) is 8.61. The normalized spacial score (nSPS) is 16.9. The maximum Gasteiger partial charge on any atom is 0.426 e. The van der Waals surface area contributed by atoms with Crippen LogP contribution in [0.1, 0.15) is 54.5 Å². The molecule has 44 heavy (non-hydrogen) atoms. The molecular formula is C28H31F3N6O5S2. The number of thiazole rings is 1. The van der Waals surface area contributed by atoms with Gasteiger partial charge in [0.25, 0.3) is 5.91 Å². The fourth-order valence-electron chi connectivity index (χ4n) is 4.79. The van der Waals surface area contributed by atoms with Gasteiger partial charge in [0.1, 0.15) is 21.3 Å². The monoisotopic (exact) mass is 652 g/mol. The lowest BCUT2D eigenvalue weighted by molar-refractivity contribution is -0.137. The van der Waals surface area contributed by atoms with E-state index in [4.69, 9.17) is 4.74 Å². The van der Waals surface area contributed by atoms with Gasteiger partial charge in [0.2, 0.25) is 10.0 Å². The first-order chi connectivity index (χ1) is 20.6. The number of anilines is 1. The number of piperidine rings is 1. The van der Waals surface area contributed by atoms with E-state index in [1.54, 1.807) is 32.9 Å². The van der Waals surface area contributed by atoms with Crippen LogP contribution in [0.3, 0.4) is 0 Å². The van der Waals surface area contributed by atoms with E-state index in [0.717, 1.165) is 23.6 Å². The van der Waals surface area contributed by atoms with Crippen LogP contribution in [0.4, 0.5) is 23.8 Å². The number of fused-ring (bicyclic) bond motifs is 1. The number of hydrogen-bond donors (Lipinski definition) is 2. The van der Waals surface area contributed by atoms with Gasteiger partial charge in [-0.25, -0.2) is 33.6 Å². The summed E-state index contributed by atoms with van der Waals surface area (Å²) in [7, 11) is -3.79. The number of aromatic nitrogens is 2. The maximum absolute atomic E-state index is 13.3. The van der Waals surface area contributed by atoms with Crippen LogP contribution in [0.5, 0.6) is 0 Å². The lowest BCUT2D eigenvalue weighted by Crippen LogP contribution is -2.50. The van der Waals surface area contributed by atoms with Crippen LogP contribution in [0.25, 0.3) is 10.6 Å². The molecule has 1 aromatic carbocycles. The number of alkyl halides is 3. The average Bonchev–Trinajstić information content (AvgIpc) is 3.39. The molecule has 2 aromatic heterocycles. The second-order valence-corrected chi connectivity index (χ2v) is 14.3. The van der Waals surface area contributed by atoms with E-state index < -0.39 is 39.4 Å². The molecule has 16 heteroatoms. The lowest BCUT2D eigenvalue weighted by atomic mass is 10.1. The van der Waals surface area contributed by atoms with Crippen molar-refractivity contribution in [2.24, 2.45) is 0 Å². The molecule has 0 radical (unpaired) electrons. The Morgan fingerprint density at radius 1 is 1.05 bits per heavy atom. The average molecular weight is 653 g/mol. The van der Waals surface area contributed by atoms with Crippen LogP contribution in [-0.4, -0.2) is 71.0 Å². The summed E-state index contributed by atoms with van der Waals surface area (Å²) in [5.74, 6) is -0.0977. The molecule has 0 spiro atoms. The number of ether oxygens (including phenoxy) is 1. The number of hydrogen-bond acceptors (Lipinski definition) is 9. The summed E-state index contributed by atoms with van der Waals surface area (Å²) < 4.78 is 71.6. The number of nitrogens with zero attached hydrogens (tertiary/aromatic N) is 4. The zero-order valence-corrected chi connectivity index (χ0v) is 25.8. The van der Waals surface area contributed by atoms with Crippen LogP contribution in [0.15, 0.2) is 47.5 Å². The minimum Gasteiger partial charge on any atom is -0.443 e. The minimum atomic E-state index is -4.47. The third-order valence-electron chi connectivity index (χ3n) is 6.97. The van der Waals surface area contributed by atoms with Gasteiger partial charge < -0.3 is 10.1 Å². The first-order valence-electron chi connectivity index (χ1n) is 13.8. The fraction of sp³-hybridized carbons (Fsp3) is 0.429. The van der Waals surface area contributed by atoms with Crippen LogP contribution in [0.2, 0.25) is 0 Å². The molecule has 2 aliphatic rings. The molecule has 0 aliphatic carbocycles. The van der Waals surface area contributed by atoms with Crippen molar-refractivity contribution in [3.8, 4) is 10.6 Å². The quantitative estimate of drug-likeness (QED) is 0.383. The van der Waals surface area contributed by atoms with Crippen molar-refractivity contribution in [2.45, 2.75) is 62.7 Å². The van der Waals surface area contributed by atoms with Gasteiger partial charge in [0, 0.05) is 43.9 Å². The Balaban J connectivity index is 1.19. The molecule has 0 saturated carbocycles. The molecule has 2 N–H and O–H groups in total. The van der Waals surface area contributed by atoms with Gasteiger partial charge in [-0.2, -0.15) is 17.5 Å². The second kappa shape index (κ2) is 12.0. The van der Waals surface area contributed by atoms with Gasteiger partial charge in [0.15, 0.2) is 0 Å². The summed E-state index contributed by atoms with van der Waals surface area (Å²) in [5, 5.41) is 4.83. The Hall–Kier alpha value is -3.76. The van der Waals surface area contributed by atoms with Crippen LogP contribution in [0, 0.1) is 0 Å². The molecule has 5 rings (SSSR count). The first-order valence-corrected chi connectivity index (χ1v) is 16.1. The summed E-state index contributed by atoms with van der Waals surface area (Å²) in [6, 6.07) is 8.36.